The van der Waals surface area contributed by atoms with Crippen molar-refractivity contribution in [3.63, 3.8) is 0 Å². The van der Waals surface area contributed by atoms with Crippen LogP contribution in [0, 0.1) is 6.92 Å². The molecule has 0 heterocycles. The molecule has 0 spiro atoms. The van der Waals surface area contributed by atoms with Gasteiger partial charge in [-0.05, 0) is 78.6 Å². The molecule has 51 heavy (non-hydrogen) atoms. The second-order valence-electron chi connectivity index (χ2n) is 15.5. The van der Waals surface area contributed by atoms with E-state index in [0.29, 0.717) is 30.4 Å². The molecule has 290 valence electrons. The average molecular weight is 848 g/mol. The van der Waals surface area contributed by atoms with Crippen LogP contribution in [0.15, 0.2) is 40.9 Å². The lowest BCUT2D eigenvalue weighted by molar-refractivity contribution is -0.123. The zero-order valence-electron chi connectivity index (χ0n) is 32.8. The number of hydrogen-bond acceptors (Lipinski definition) is 8. The van der Waals surface area contributed by atoms with Crippen molar-refractivity contribution < 1.29 is 36.6 Å². The number of carbonyl (C=O) groups is 1. The summed E-state index contributed by atoms with van der Waals surface area (Å²) in [4.78, 5) is 13.1. The summed E-state index contributed by atoms with van der Waals surface area (Å²) in [6.07, 6.45) is 0.630. The number of amides is 1. The van der Waals surface area contributed by atoms with Crippen LogP contribution in [0.5, 0.6) is 11.5 Å². The molecule has 1 N–H and O–H groups in total. The summed E-state index contributed by atoms with van der Waals surface area (Å²) < 4.78 is 59.5. The number of anilines is 1. The maximum Gasteiger partial charge on any atom is 0.258 e. The van der Waals surface area contributed by atoms with Crippen LogP contribution in [-0.4, -0.2) is 84.9 Å². The van der Waals surface area contributed by atoms with E-state index >= 15 is 0 Å². The van der Waals surface area contributed by atoms with Gasteiger partial charge in [0.2, 0.25) is 10.0 Å². The minimum Gasteiger partial charge on any atom is -0.484 e. The Kier molecular flexibility index (Phi) is 18.4. The number of carbonyl (C=O) groups excluding carboxylic acids is 1. The molecule has 1 atom stereocenters. The van der Waals surface area contributed by atoms with Crippen molar-refractivity contribution in [3.05, 3.63) is 52.0 Å². The predicted octanol–water partition coefficient (Wildman–Crippen LogP) is 8.79. The van der Waals surface area contributed by atoms with Gasteiger partial charge in [-0.2, -0.15) is 0 Å². The molecule has 0 radical (unpaired) electrons. The number of aryl methyl sites for hydroxylation is 1. The SMILES string of the molecule is CC[Si](CC)(CC)O[C@@H](CNC(=O)COc1ccc(Br)c(C)c1)c1ccc(OCOCC[Si](C)(C)C)c(N(COCC[Si](C)(C)C)S(C)(=O)=O)c1. The maximum absolute atomic E-state index is 13.3. The zero-order chi connectivity index (χ0) is 38.5. The highest BCUT2D eigenvalue weighted by molar-refractivity contribution is 9.10. The number of sulfonamides is 1. The molecule has 0 saturated carbocycles. The van der Waals surface area contributed by atoms with Crippen molar-refractivity contribution in [2.75, 3.05) is 50.5 Å². The number of rotatable bonds is 24. The van der Waals surface area contributed by atoms with Crippen LogP contribution < -0.4 is 19.1 Å². The van der Waals surface area contributed by atoms with Gasteiger partial charge in [0.1, 0.15) is 18.2 Å². The third-order valence-corrected chi connectivity index (χ3v) is 18.9. The molecule has 0 saturated heterocycles. The van der Waals surface area contributed by atoms with E-state index in [2.05, 4.69) is 81.3 Å². The van der Waals surface area contributed by atoms with Crippen LogP contribution in [0.2, 0.25) is 69.5 Å². The van der Waals surface area contributed by atoms with Crippen LogP contribution in [0.4, 0.5) is 5.69 Å². The second-order valence-corrected chi connectivity index (χ2v) is 34.2. The smallest absolute Gasteiger partial charge is 0.258 e. The normalized spacial score (nSPS) is 13.2. The van der Waals surface area contributed by atoms with E-state index < -0.39 is 40.6 Å². The molecule has 0 unspecified atom stereocenters. The Balaban J connectivity index is 2.46. The molecular formula is C36H63BrN2O8SSi3. The van der Waals surface area contributed by atoms with Crippen molar-refractivity contribution in [2.24, 2.45) is 0 Å². The molecule has 0 aliphatic rings. The number of nitrogens with zero attached hydrogens (tertiary/aromatic N) is 1. The predicted molar refractivity (Wildman–Crippen MR) is 221 cm³/mol. The van der Waals surface area contributed by atoms with Crippen molar-refractivity contribution in [3.8, 4) is 11.5 Å². The number of hydrogen-bond donors (Lipinski definition) is 1. The fraction of sp³-hybridized carbons (Fsp3) is 0.639. The minimum atomic E-state index is -3.78. The van der Waals surface area contributed by atoms with Crippen LogP contribution >= 0.6 is 15.9 Å². The Bertz CT molecular complexity index is 1490. The molecule has 0 aromatic heterocycles. The van der Waals surface area contributed by atoms with Gasteiger partial charge in [-0.15, -0.1) is 0 Å². The van der Waals surface area contributed by atoms with E-state index in [-0.39, 0.29) is 32.6 Å². The molecule has 0 bridgehead atoms. The van der Waals surface area contributed by atoms with Gasteiger partial charge in [0, 0.05) is 40.4 Å². The molecule has 2 aromatic carbocycles. The number of benzene rings is 2. The summed E-state index contributed by atoms with van der Waals surface area (Å²) in [6.45, 7) is 22.9. The van der Waals surface area contributed by atoms with Gasteiger partial charge in [0.05, 0.1) is 18.0 Å². The lowest BCUT2D eigenvalue weighted by atomic mass is 10.1. The van der Waals surface area contributed by atoms with Crippen molar-refractivity contribution in [2.45, 2.75) is 103 Å². The van der Waals surface area contributed by atoms with Gasteiger partial charge in [-0.25, -0.2) is 12.7 Å². The summed E-state index contributed by atoms with van der Waals surface area (Å²) in [5.74, 6) is 0.674. The molecule has 2 aromatic rings. The number of halogens is 1. The Labute approximate surface area is 319 Å². The lowest BCUT2D eigenvalue weighted by Gasteiger charge is -2.34. The van der Waals surface area contributed by atoms with E-state index in [0.717, 1.165) is 45.8 Å². The lowest BCUT2D eigenvalue weighted by Crippen LogP contribution is -2.41. The van der Waals surface area contributed by atoms with Crippen LogP contribution in [0.3, 0.4) is 0 Å². The quantitative estimate of drug-likeness (QED) is 0.0635. The summed E-state index contributed by atoms with van der Waals surface area (Å²) in [5.41, 5.74) is 2.07. The molecule has 0 fully saturated rings. The summed E-state index contributed by atoms with van der Waals surface area (Å²) in [7, 11) is -8.67. The highest BCUT2D eigenvalue weighted by Crippen LogP contribution is 2.36. The fourth-order valence-corrected chi connectivity index (χ4v) is 10.5. The van der Waals surface area contributed by atoms with Gasteiger partial charge in [0.15, 0.2) is 21.7 Å². The molecule has 0 aliphatic carbocycles. The number of nitrogens with one attached hydrogen (secondary N) is 1. The van der Waals surface area contributed by atoms with Crippen LogP contribution in [-0.2, 0) is 28.7 Å². The van der Waals surface area contributed by atoms with Crippen molar-refractivity contribution in [1.29, 1.82) is 0 Å². The highest BCUT2D eigenvalue weighted by Gasteiger charge is 2.34. The molecule has 1 amide bonds. The number of ether oxygens (including phenoxy) is 4. The second kappa shape index (κ2) is 20.7. The average Bonchev–Trinajstić information content (AvgIpc) is 3.04. The van der Waals surface area contributed by atoms with E-state index in [1.54, 1.807) is 12.1 Å². The Morgan fingerprint density at radius 2 is 1.49 bits per heavy atom. The molecular weight excluding hydrogens is 785 g/mol. The summed E-state index contributed by atoms with van der Waals surface area (Å²) >= 11 is 3.49. The Morgan fingerprint density at radius 3 is 2.04 bits per heavy atom. The first kappa shape index (κ1) is 45.4. The third-order valence-electron chi connectivity index (χ3n) is 8.83. The van der Waals surface area contributed by atoms with E-state index in [9.17, 15) is 13.2 Å². The molecule has 0 aliphatic heterocycles. The monoisotopic (exact) mass is 846 g/mol. The van der Waals surface area contributed by atoms with Crippen molar-refractivity contribution in [1.82, 2.24) is 5.32 Å². The first-order valence-corrected chi connectivity index (χ1v) is 30.5. The van der Waals surface area contributed by atoms with Gasteiger partial charge in [0.25, 0.3) is 5.91 Å². The summed E-state index contributed by atoms with van der Waals surface area (Å²) in [6, 6.07) is 15.6. The first-order chi connectivity index (χ1) is 23.7. The molecule has 15 heteroatoms. The largest absolute Gasteiger partial charge is 0.484 e. The summed E-state index contributed by atoms with van der Waals surface area (Å²) in [5, 5.41) is 3.01. The topological polar surface area (TPSA) is 113 Å². The fourth-order valence-electron chi connectivity index (χ4n) is 5.11. The van der Waals surface area contributed by atoms with Gasteiger partial charge < -0.3 is 28.7 Å². The van der Waals surface area contributed by atoms with Gasteiger partial charge in [-0.1, -0.05) is 82.0 Å². The zero-order valence-corrected chi connectivity index (χ0v) is 38.2. The maximum atomic E-state index is 13.3. The van der Waals surface area contributed by atoms with Crippen LogP contribution in [0.25, 0.3) is 0 Å². The molecule has 2 rings (SSSR count). The van der Waals surface area contributed by atoms with Crippen LogP contribution in [0.1, 0.15) is 38.0 Å². The third kappa shape index (κ3) is 16.4. The van der Waals surface area contributed by atoms with Crippen molar-refractivity contribution >= 4 is 62.0 Å². The van der Waals surface area contributed by atoms with E-state index in [4.69, 9.17) is 23.4 Å². The highest BCUT2D eigenvalue weighted by atomic mass is 79.9. The standard InChI is InChI=1S/C36H63BrN2O8SSi3/c1-12-51(13-2,14-3)47-35(25-38-36(40)26-45-31-16-17-32(37)29(4)23-31)30-15-18-34(46-28-44-20-22-50(9,10)11)33(24-30)39(48(5,41)42)27-43-19-21-49(6,7)8/h15-18,23-24,35H,12-14,19-22,25-28H2,1-11H3,(H,38,40)/t35-/m0/s1. The Hall–Kier alpha value is -1.73. The van der Waals surface area contributed by atoms with Gasteiger partial charge >= 0.3 is 0 Å². The van der Waals surface area contributed by atoms with E-state index in [1.807, 2.05) is 31.2 Å². The minimum absolute atomic E-state index is 0.0175. The van der Waals surface area contributed by atoms with Gasteiger partial charge in [-0.3, -0.25) is 4.79 Å². The molecule has 10 nitrogen and oxygen atoms in total. The Morgan fingerprint density at radius 1 is 0.882 bits per heavy atom. The first-order valence-electron chi connectivity index (χ1n) is 18.0. The van der Waals surface area contributed by atoms with E-state index in [1.165, 1.54) is 10.6 Å².